The highest BCUT2D eigenvalue weighted by Gasteiger charge is 2.29. The summed E-state index contributed by atoms with van der Waals surface area (Å²) in [4.78, 5) is 13.8. The van der Waals surface area contributed by atoms with Crippen LogP contribution in [0.3, 0.4) is 0 Å². The summed E-state index contributed by atoms with van der Waals surface area (Å²) in [5, 5.41) is 0. The second-order valence-electron chi connectivity index (χ2n) is 5.20. The monoisotopic (exact) mass is 247 g/mol. The molecule has 5 nitrogen and oxygen atoms in total. The first kappa shape index (κ1) is 11.9. The van der Waals surface area contributed by atoms with Gasteiger partial charge in [-0.05, 0) is 19.4 Å². The molecule has 5 heteroatoms. The Labute approximate surface area is 108 Å². The quantitative estimate of drug-likeness (QED) is 0.830. The fourth-order valence-corrected chi connectivity index (χ4v) is 3.01. The third kappa shape index (κ3) is 2.33. The largest absolute Gasteiger partial charge is 0.352 e. The van der Waals surface area contributed by atoms with Gasteiger partial charge in [0.2, 0.25) is 0 Å². The van der Waals surface area contributed by atoms with Crippen LogP contribution in [0.15, 0.2) is 12.4 Å². The molecule has 2 saturated heterocycles. The average molecular weight is 247 g/mol. The maximum absolute atomic E-state index is 5.63. The van der Waals surface area contributed by atoms with Crippen LogP contribution in [-0.2, 0) is 6.54 Å². The predicted octanol–water partition coefficient (Wildman–Crippen LogP) is 0.610. The van der Waals surface area contributed by atoms with Gasteiger partial charge in [0.05, 0.1) is 11.9 Å². The van der Waals surface area contributed by atoms with E-state index < -0.39 is 0 Å². The van der Waals surface area contributed by atoms with Crippen molar-refractivity contribution in [2.45, 2.75) is 31.8 Å². The van der Waals surface area contributed by atoms with Crippen LogP contribution < -0.4 is 10.6 Å². The smallest absolute Gasteiger partial charge is 0.147 e. The maximum atomic E-state index is 5.63. The summed E-state index contributed by atoms with van der Waals surface area (Å²) in [5.74, 6) is 0.989. The first-order valence-corrected chi connectivity index (χ1v) is 6.87. The topological polar surface area (TPSA) is 58.3 Å². The molecule has 3 rings (SSSR count). The van der Waals surface area contributed by atoms with Crippen LogP contribution in [0.4, 0.5) is 5.82 Å². The van der Waals surface area contributed by atoms with Crippen molar-refractivity contribution in [2.24, 2.45) is 5.73 Å². The highest BCUT2D eigenvalue weighted by Crippen LogP contribution is 2.23. The van der Waals surface area contributed by atoms with Crippen LogP contribution in [0, 0.1) is 0 Å². The summed E-state index contributed by atoms with van der Waals surface area (Å²) in [6.45, 7) is 5.03. The molecule has 0 aliphatic carbocycles. The lowest BCUT2D eigenvalue weighted by Crippen LogP contribution is -2.55. The molecule has 1 aromatic heterocycles. The van der Waals surface area contributed by atoms with Crippen molar-refractivity contribution in [1.82, 2.24) is 14.9 Å². The molecule has 3 heterocycles. The summed E-state index contributed by atoms with van der Waals surface area (Å²) < 4.78 is 0. The zero-order valence-corrected chi connectivity index (χ0v) is 10.8. The summed E-state index contributed by atoms with van der Waals surface area (Å²) in [5.41, 5.74) is 6.50. The van der Waals surface area contributed by atoms with E-state index in [-0.39, 0.29) is 0 Å². The van der Waals surface area contributed by atoms with Crippen LogP contribution in [0.5, 0.6) is 0 Å². The molecular formula is C13H21N5. The molecule has 0 radical (unpaired) electrons. The molecule has 0 saturated carbocycles. The van der Waals surface area contributed by atoms with Gasteiger partial charge in [0.15, 0.2) is 0 Å². The SMILES string of the molecule is NCc1cncc(N2CCN3CCCCC3C2)n1. The fraction of sp³-hybridized carbons (Fsp3) is 0.692. The Kier molecular flexibility index (Phi) is 3.43. The zero-order chi connectivity index (χ0) is 12.4. The molecular weight excluding hydrogens is 226 g/mol. The molecule has 0 spiro atoms. The van der Waals surface area contributed by atoms with Gasteiger partial charge in [0.1, 0.15) is 5.82 Å². The number of fused-ring (bicyclic) bond motifs is 1. The second kappa shape index (κ2) is 5.20. The summed E-state index contributed by atoms with van der Waals surface area (Å²) in [7, 11) is 0. The minimum atomic E-state index is 0.463. The third-order valence-electron chi connectivity index (χ3n) is 4.04. The Bertz CT molecular complexity index is 408. The molecule has 2 aliphatic heterocycles. The number of hydrogen-bond donors (Lipinski definition) is 1. The van der Waals surface area contributed by atoms with Gasteiger partial charge in [-0.3, -0.25) is 9.88 Å². The Morgan fingerprint density at radius 2 is 2.17 bits per heavy atom. The van der Waals surface area contributed by atoms with Crippen molar-refractivity contribution in [2.75, 3.05) is 31.1 Å². The molecule has 98 valence electrons. The van der Waals surface area contributed by atoms with E-state index in [1.165, 1.54) is 25.8 Å². The van der Waals surface area contributed by atoms with Crippen LogP contribution in [0.25, 0.3) is 0 Å². The highest BCUT2D eigenvalue weighted by molar-refractivity contribution is 5.37. The van der Waals surface area contributed by atoms with E-state index in [1.807, 2.05) is 6.20 Å². The van der Waals surface area contributed by atoms with Gasteiger partial charge in [-0.2, -0.15) is 0 Å². The molecule has 1 atom stereocenters. The lowest BCUT2D eigenvalue weighted by atomic mass is 9.99. The van der Waals surface area contributed by atoms with Gasteiger partial charge in [-0.25, -0.2) is 4.98 Å². The van der Waals surface area contributed by atoms with Crippen molar-refractivity contribution < 1.29 is 0 Å². The molecule has 0 bridgehead atoms. The van der Waals surface area contributed by atoms with E-state index in [9.17, 15) is 0 Å². The Morgan fingerprint density at radius 1 is 1.22 bits per heavy atom. The minimum absolute atomic E-state index is 0.463. The lowest BCUT2D eigenvalue weighted by molar-refractivity contribution is 0.133. The maximum Gasteiger partial charge on any atom is 0.147 e. The number of aromatic nitrogens is 2. The Hall–Kier alpha value is -1.20. The van der Waals surface area contributed by atoms with E-state index in [4.69, 9.17) is 5.73 Å². The van der Waals surface area contributed by atoms with Crippen LogP contribution in [0.2, 0.25) is 0 Å². The number of hydrogen-bond acceptors (Lipinski definition) is 5. The first-order valence-electron chi connectivity index (χ1n) is 6.87. The first-order chi connectivity index (χ1) is 8.86. The van der Waals surface area contributed by atoms with E-state index >= 15 is 0 Å². The number of anilines is 1. The minimum Gasteiger partial charge on any atom is -0.352 e. The molecule has 0 amide bonds. The summed E-state index contributed by atoms with van der Waals surface area (Å²) in [6.07, 6.45) is 7.65. The van der Waals surface area contributed by atoms with Crippen molar-refractivity contribution in [1.29, 1.82) is 0 Å². The van der Waals surface area contributed by atoms with Crippen LogP contribution >= 0.6 is 0 Å². The Morgan fingerprint density at radius 3 is 3.06 bits per heavy atom. The van der Waals surface area contributed by atoms with Crippen LogP contribution in [-0.4, -0.2) is 47.1 Å². The summed E-state index contributed by atoms with van der Waals surface area (Å²) in [6, 6.07) is 0.704. The molecule has 1 aromatic rings. The lowest BCUT2D eigenvalue weighted by Gasteiger charge is -2.44. The molecule has 2 N–H and O–H groups in total. The van der Waals surface area contributed by atoms with Crippen molar-refractivity contribution in [3.05, 3.63) is 18.1 Å². The number of piperazine rings is 1. The number of rotatable bonds is 2. The van der Waals surface area contributed by atoms with Gasteiger partial charge >= 0.3 is 0 Å². The number of nitrogens with zero attached hydrogens (tertiary/aromatic N) is 4. The Balaban J connectivity index is 1.72. The zero-order valence-electron chi connectivity index (χ0n) is 10.8. The van der Waals surface area contributed by atoms with E-state index in [2.05, 4.69) is 19.8 Å². The third-order valence-corrected chi connectivity index (χ3v) is 4.04. The fourth-order valence-electron chi connectivity index (χ4n) is 3.01. The van der Waals surface area contributed by atoms with Gasteiger partial charge in [0, 0.05) is 38.4 Å². The van der Waals surface area contributed by atoms with Crippen LogP contribution in [0.1, 0.15) is 25.0 Å². The van der Waals surface area contributed by atoms with Crippen molar-refractivity contribution in [3.63, 3.8) is 0 Å². The molecule has 2 aliphatic rings. The molecule has 1 unspecified atom stereocenters. The average Bonchev–Trinajstić information content (AvgIpc) is 2.47. The molecule has 18 heavy (non-hydrogen) atoms. The van der Waals surface area contributed by atoms with Gasteiger partial charge < -0.3 is 10.6 Å². The number of nitrogens with two attached hydrogens (primary N) is 1. The van der Waals surface area contributed by atoms with E-state index in [1.54, 1.807) is 6.20 Å². The predicted molar refractivity (Wildman–Crippen MR) is 71.3 cm³/mol. The van der Waals surface area contributed by atoms with Gasteiger partial charge in [-0.15, -0.1) is 0 Å². The van der Waals surface area contributed by atoms with Crippen molar-refractivity contribution in [3.8, 4) is 0 Å². The van der Waals surface area contributed by atoms with Gasteiger partial charge in [0.25, 0.3) is 0 Å². The standard InChI is InChI=1S/C13H21N5/c14-7-11-8-15-9-13(16-11)18-6-5-17-4-2-1-3-12(17)10-18/h8-9,12H,1-7,10,14H2. The summed E-state index contributed by atoms with van der Waals surface area (Å²) >= 11 is 0. The normalized spacial score (nSPS) is 24.9. The van der Waals surface area contributed by atoms with Crippen molar-refractivity contribution >= 4 is 5.82 Å². The molecule has 2 fully saturated rings. The van der Waals surface area contributed by atoms with E-state index in [0.29, 0.717) is 12.6 Å². The van der Waals surface area contributed by atoms with Gasteiger partial charge in [-0.1, -0.05) is 6.42 Å². The highest BCUT2D eigenvalue weighted by atomic mass is 15.3. The second-order valence-corrected chi connectivity index (χ2v) is 5.20. The molecule has 0 aromatic carbocycles. The number of piperidine rings is 1. The van der Waals surface area contributed by atoms with E-state index in [0.717, 1.165) is 31.1 Å².